The Labute approximate surface area is 202 Å². The molecule has 0 unspecified atom stereocenters. The van der Waals surface area contributed by atoms with Gasteiger partial charge in [-0.15, -0.1) is 0 Å². The zero-order valence-corrected chi connectivity index (χ0v) is 20.0. The molecule has 0 aliphatic carbocycles. The fourth-order valence-electron chi connectivity index (χ4n) is 4.02. The summed E-state index contributed by atoms with van der Waals surface area (Å²) in [6.45, 7) is 7.01. The molecular weight excluding hydrogens is 446 g/mol. The van der Waals surface area contributed by atoms with Gasteiger partial charge in [0.2, 0.25) is 0 Å². The van der Waals surface area contributed by atoms with Crippen LogP contribution in [0.2, 0.25) is 0 Å². The lowest BCUT2D eigenvalue weighted by molar-refractivity contribution is -0.119. The second-order valence-corrected chi connectivity index (χ2v) is 8.13. The van der Waals surface area contributed by atoms with Gasteiger partial charge in [0.25, 0.3) is 5.91 Å². The summed E-state index contributed by atoms with van der Waals surface area (Å²) in [5.41, 5.74) is 4.18. The Morgan fingerprint density at radius 2 is 1.83 bits per heavy atom. The van der Waals surface area contributed by atoms with Crippen LogP contribution in [0.4, 0.5) is 5.82 Å². The van der Waals surface area contributed by atoms with E-state index in [1.165, 1.54) is 0 Å². The van der Waals surface area contributed by atoms with Crippen molar-refractivity contribution in [3.8, 4) is 11.8 Å². The maximum Gasteiger partial charge on any atom is 0.342 e. The number of nitrogens with one attached hydrogen (secondary N) is 1. The van der Waals surface area contributed by atoms with Crippen LogP contribution < -0.4 is 5.32 Å². The number of aryl methyl sites for hydroxylation is 1. The van der Waals surface area contributed by atoms with Gasteiger partial charge in [0.15, 0.2) is 6.61 Å². The first-order valence-corrected chi connectivity index (χ1v) is 11.0. The highest BCUT2D eigenvalue weighted by Gasteiger charge is 2.24. The van der Waals surface area contributed by atoms with Crippen molar-refractivity contribution in [1.29, 1.82) is 5.26 Å². The number of esters is 1. The van der Waals surface area contributed by atoms with Crippen LogP contribution >= 0.6 is 0 Å². The number of rotatable bonds is 7. The van der Waals surface area contributed by atoms with Crippen LogP contribution in [-0.4, -0.2) is 32.8 Å². The summed E-state index contributed by atoms with van der Waals surface area (Å²) in [6.07, 6.45) is 1.56. The lowest BCUT2D eigenvalue weighted by Gasteiger charge is -2.12. The second-order valence-electron chi connectivity index (χ2n) is 8.13. The van der Waals surface area contributed by atoms with Gasteiger partial charge in [0.1, 0.15) is 23.2 Å². The minimum absolute atomic E-state index is 0.312. The fraction of sp³-hybridized carbons (Fsp3) is 0.231. The van der Waals surface area contributed by atoms with Crippen molar-refractivity contribution in [2.45, 2.75) is 34.2 Å². The Hall–Kier alpha value is -4.58. The first-order chi connectivity index (χ1) is 16.8. The molecule has 0 atom stereocenters. The standard InChI is InChI=1S/C26H25N5O4/c1-16-18(3)30(14-21-11-8-12-34-21)25(22(16)13-27)28-23(32)15-35-26(33)24-17(2)29-31(19(24)4)20-9-6-5-7-10-20/h5-12H,14-15H2,1-4H3,(H,28,32). The van der Waals surface area contributed by atoms with Crippen molar-refractivity contribution in [2.75, 3.05) is 11.9 Å². The molecule has 3 aromatic heterocycles. The van der Waals surface area contributed by atoms with Crippen LogP contribution in [0.3, 0.4) is 0 Å². The highest BCUT2D eigenvalue weighted by Crippen LogP contribution is 2.27. The summed E-state index contributed by atoms with van der Waals surface area (Å²) in [6, 6.07) is 15.2. The molecule has 4 rings (SSSR count). The van der Waals surface area contributed by atoms with Gasteiger partial charge in [-0.1, -0.05) is 18.2 Å². The first-order valence-electron chi connectivity index (χ1n) is 11.0. The number of ether oxygens (including phenoxy) is 1. The monoisotopic (exact) mass is 471 g/mol. The number of carbonyl (C=O) groups excluding carboxylic acids is 2. The molecule has 9 heteroatoms. The third-order valence-electron chi connectivity index (χ3n) is 5.92. The van der Waals surface area contributed by atoms with Crippen LogP contribution in [0.25, 0.3) is 5.69 Å². The minimum Gasteiger partial charge on any atom is -0.467 e. The quantitative estimate of drug-likeness (QED) is 0.404. The van der Waals surface area contributed by atoms with E-state index in [1.54, 1.807) is 35.4 Å². The van der Waals surface area contributed by atoms with E-state index in [9.17, 15) is 14.9 Å². The molecule has 0 radical (unpaired) electrons. The van der Waals surface area contributed by atoms with Gasteiger partial charge < -0.3 is 19.0 Å². The zero-order chi connectivity index (χ0) is 25.1. The first kappa shape index (κ1) is 23.6. The summed E-state index contributed by atoms with van der Waals surface area (Å²) in [5, 5.41) is 16.8. The number of amides is 1. The van der Waals surface area contributed by atoms with E-state index >= 15 is 0 Å². The number of carbonyl (C=O) groups is 2. The molecule has 0 saturated carbocycles. The number of nitrogens with zero attached hydrogens (tertiary/aromatic N) is 4. The van der Waals surface area contributed by atoms with Gasteiger partial charge in [0.05, 0.1) is 35.4 Å². The van der Waals surface area contributed by atoms with Crippen molar-refractivity contribution in [2.24, 2.45) is 0 Å². The predicted molar refractivity (Wildman–Crippen MR) is 128 cm³/mol. The molecule has 4 aromatic rings. The number of aromatic nitrogens is 3. The molecule has 0 spiro atoms. The lowest BCUT2D eigenvalue weighted by Crippen LogP contribution is -2.23. The Kier molecular flexibility index (Phi) is 6.55. The van der Waals surface area contributed by atoms with Crippen LogP contribution in [0, 0.1) is 39.0 Å². The predicted octanol–water partition coefficient (Wildman–Crippen LogP) is 4.22. The highest BCUT2D eigenvalue weighted by molar-refractivity contribution is 5.97. The third-order valence-corrected chi connectivity index (χ3v) is 5.92. The number of anilines is 1. The van der Waals surface area contributed by atoms with Crippen LogP contribution in [0.15, 0.2) is 53.1 Å². The molecule has 178 valence electrons. The Balaban J connectivity index is 1.50. The van der Waals surface area contributed by atoms with Crippen LogP contribution in [0.1, 0.15) is 44.3 Å². The summed E-state index contributed by atoms with van der Waals surface area (Å²) >= 11 is 0. The Bertz CT molecular complexity index is 1420. The average Bonchev–Trinajstić information content (AvgIpc) is 3.53. The van der Waals surface area contributed by atoms with E-state index in [0.29, 0.717) is 40.6 Å². The molecule has 35 heavy (non-hydrogen) atoms. The van der Waals surface area contributed by atoms with E-state index < -0.39 is 18.5 Å². The summed E-state index contributed by atoms with van der Waals surface area (Å²) in [5.74, 6) is -0.185. The minimum atomic E-state index is -0.642. The topological polar surface area (TPSA) is 115 Å². The molecule has 0 aliphatic rings. The van der Waals surface area contributed by atoms with E-state index in [0.717, 1.165) is 16.9 Å². The number of hydrogen-bond acceptors (Lipinski definition) is 6. The van der Waals surface area contributed by atoms with Gasteiger partial charge in [-0.2, -0.15) is 10.4 Å². The number of benzene rings is 1. The van der Waals surface area contributed by atoms with Gasteiger partial charge in [0, 0.05) is 5.69 Å². The van der Waals surface area contributed by atoms with Crippen molar-refractivity contribution in [1.82, 2.24) is 14.3 Å². The molecular formula is C26H25N5O4. The van der Waals surface area contributed by atoms with E-state index in [1.807, 2.05) is 50.2 Å². The van der Waals surface area contributed by atoms with Gasteiger partial charge in [-0.3, -0.25) is 4.79 Å². The Morgan fingerprint density at radius 1 is 1.09 bits per heavy atom. The largest absolute Gasteiger partial charge is 0.467 e. The van der Waals surface area contributed by atoms with Gasteiger partial charge in [-0.05, 0) is 57.5 Å². The molecule has 1 amide bonds. The number of para-hydroxylation sites is 1. The van der Waals surface area contributed by atoms with E-state index in [2.05, 4.69) is 16.5 Å². The fourth-order valence-corrected chi connectivity index (χ4v) is 4.02. The van der Waals surface area contributed by atoms with Crippen molar-refractivity contribution in [3.63, 3.8) is 0 Å². The van der Waals surface area contributed by atoms with Crippen molar-refractivity contribution < 1.29 is 18.7 Å². The third kappa shape index (κ3) is 4.59. The van der Waals surface area contributed by atoms with Crippen LogP contribution in [0.5, 0.6) is 0 Å². The number of hydrogen-bond donors (Lipinski definition) is 1. The van der Waals surface area contributed by atoms with Crippen LogP contribution in [-0.2, 0) is 16.1 Å². The lowest BCUT2D eigenvalue weighted by atomic mass is 10.2. The molecule has 0 bridgehead atoms. The number of nitriles is 1. The molecule has 1 aromatic carbocycles. The molecule has 1 N–H and O–H groups in total. The van der Waals surface area contributed by atoms with Crippen molar-refractivity contribution in [3.05, 3.63) is 88.3 Å². The molecule has 9 nitrogen and oxygen atoms in total. The highest BCUT2D eigenvalue weighted by atomic mass is 16.5. The molecule has 0 fully saturated rings. The maximum absolute atomic E-state index is 12.8. The normalized spacial score (nSPS) is 10.7. The van der Waals surface area contributed by atoms with Crippen molar-refractivity contribution >= 4 is 17.7 Å². The Morgan fingerprint density at radius 3 is 2.49 bits per heavy atom. The zero-order valence-electron chi connectivity index (χ0n) is 20.0. The smallest absolute Gasteiger partial charge is 0.342 e. The SMILES string of the molecule is Cc1nn(-c2ccccc2)c(C)c1C(=O)OCC(=O)Nc1c(C#N)c(C)c(C)n1Cc1ccco1. The van der Waals surface area contributed by atoms with E-state index in [4.69, 9.17) is 9.15 Å². The van der Waals surface area contributed by atoms with Gasteiger partial charge >= 0.3 is 5.97 Å². The maximum atomic E-state index is 12.8. The second kappa shape index (κ2) is 9.73. The van der Waals surface area contributed by atoms with Gasteiger partial charge in [-0.25, -0.2) is 9.48 Å². The molecule has 3 heterocycles. The molecule has 0 saturated heterocycles. The number of furan rings is 1. The van der Waals surface area contributed by atoms with E-state index in [-0.39, 0.29) is 0 Å². The molecule has 0 aliphatic heterocycles. The summed E-state index contributed by atoms with van der Waals surface area (Å²) in [7, 11) is 0. The average molecular weight is 472 g/mol. The summed E-state index contributed by atoms with van der Waals surface area (Å²) < 4.78 is 14.2. The summed E-state index contributed by atoms with van der Waals surface area (Å²) in [4.78, 5) is 25.6.